The Bertz CT molecular complexity index is 477. The summed E-state index contributed by atoms with van der Waals surface area (Å²) in [5.41, 5.74) is 0.491. The summed E-state index contributed by atoms with van der Waals surface area (Å²) >= 11 is 0. The number of hydrogen-bond donors (Lipinski definition) is 1. The minimum Gasteiger partial charge on any atom is -0.379 e. The van der Waals surface area contributed by atoms with Crippen molar-refractivity contribution in [3.05, 3.63) is 23.9 Å². The Labute approximate surface area is 151 Å². The standard InChI is InChI=1S/C18H30N2O5.H2/c1-3-17(21)16-6-5-7-18(20-16)19-8-9-23-12-13-25-15-14-24-11-10-22-4-2;/h5-7H,3-4,8-15H2,1-2H3,(H,19,20);1H. The Morgan fingerprint density at radius 3 is 2.16 bits per heavy atom. The van der Waals surface area contributed by atoms with E-state index in [1.54, 1.807) is 6.07 Å². The van der Waals surface area contributed by atoms with Gasteiger partial charge in [-0.15, -0.1) is 0 Å². The predicted molar refractivity (Wildman–Crippen MR) is 98.4 cm³/mol. The topological polar surface area (TPSA) is 78.9 Å². The quantitative estimate of drug-likeness (QED) is 0.360. The van der Waals surface area contributed by atoms with Crippen LogP contribution in [-0.4, -0.2) is 70.2 Å². The second-order valence-electron chi connectivity index (χ2n) is 5.15. The molecule has 7 nitrogen and oxygen atoms in total. The smallest absolute Gasteiger partial charge is 0.180 e. The Hall–Kier alpha value is -1.54. The van der Waals surface area contributed by atoms with Gasteiger partial charge in [0.15, 0.2) is 5.78 Å². The number of ketones is 1. The third-order valence-electron chi connectivity index (χ3n) is 3.23. The minimum atomic E-state index is 0. The average molecular weight is 356 g/mol. The highest BCUT2D eigenvalue weighted by molar-refractivity contribution is 5.94. The molecule has 25 heavy (non-hydrogen) atoms. The molecule has 0 saturated heterocycles. The summed E-state index contributed by atoms with van der Waals surface area (Å²) in [5, 5.41) is 3.14. The SMILES string of the molecule is CCOCCOCCOCCOCCNc1cccc(C(=O)CC)n1.[HH]. The van der Waals surface area contributed by atoms with Crippen LogP contribution in [0.3, 0.4) is 0 Å². The summed E-state index contributed by atoms with van der Waals surface area (Å²) in [4.78, 5) is 15.9. The molecular weight excluding hydrogens is 324 g/mol. The van der Waals surface area contributed by atoms with Crippen LogP contribution in [0.5, 0.6) is 0 Å². The van der Waals surface area contributed by atoms with Gasteiger partial charge in [-0.25, -0.2) is 4.98 Å². The molecule has 1 heterocycles. The normalized spacial score (nSPS) is 10.8. The molecule has 0 aromatic carbocycles. The molecule has 144 valence electrons. The van der Waals surface area contributed by atoms with E-state index < -0.39 is 0 Å². The molecule has 0 atom stereocenters. The highest BCUT2D eigenvalue weighted by atomic mass is 16.6. The molecule has 0 bridgehead atoms. The van der Waals surface area contributed by atoms with Gasteiger partial charge in [-0.2, -0.15) is 0 Å². The molecule has 1 rings (SSSR count). The fourth-order valence-electron chi connectivity index (χ4n) is 1.92. The van der Waals surface area contributed by atoms with Crippen molar-refractivity contribution in [2.24, 2.45) is 0 Å². The molecule has 0 saturated carbocycles. The van der Waals surface area contributed by atoms with Crippen LogP contribution >= 0.6 is 0 Å². The van der Waals surface area contributed by atoms with Gasteiger partial charge in [-0.3, -0.25) is 4.79 Å². The summed E-state index contributed by atoms with van der Waals surface area (Å²) < 4.78 is 21.4. The molecule has 0 spiro atoms. The van der Waals surface area contributed by atoms with Crippen molar-refractivity contribution in [3.63, 3.8) is 0 Å². The van der Waals surface area contributed by atoms with Crippen LogP contribution in [0.25, 0.3) is 0 Å². The lowest BCUT2D eigenvalue weighted by Gasteiger charge is -2.08. The van der Waals surface area contributed by atoms with Gasteiger partial charge in [0.25, 0.3) is 0 Å². The summed E-state index contributed by atoms with van der Waals surface area (Å²) in [6, 6.07) is 5.38. The molecule has 0 amide bonds. The molecule has 0 unspecified atom stereocenters. The minimum absolute atomic E-state index is 0. The summed E-state index contributed by atoms with van der Waals surface area (Å²) in [6.07, 6.45) is 0.455. The van der Waals surface area contributed by atoms with Crippen LogP contribution in [0.4, 0.5) is 5.82 Å². The fourth-order valence-corrected chi connectivity index (χ4v) is 1.92. The van der Waals surface area contributed by atoms with E-state index in [0.29, 0.717) is 77.3 Å². The second kappa shape index (κ2) is 14.8. The Morgan fingerprint density at radius 1 is 0.960 bits per heavy atom. The first-order chi connectivity index (χ1) is 12.3. The van der Waals surface area contributed by atoms with Gasteiger partial charge < -0.3 is 24.3 Å². The zero-order valence-electron chi connectivity index (χ0n) is 15.3. The van der Waals surface area contributed by atoms with Crippen molar-refractivity contribution in [3.8, 4) is 0 Å². The van der Waals surface area contributed by atoms with Crippen LogP contribution in [0.2, 0.25) is 0 Å². The number of ether oxygens (including phenoxy) is 4. The number of rotatable bonds is 16. The van der Waals surface area contributed by atoms with Crippen molar-refractivity contribution in [2.45, 2.75) is 20.3 Å². The van der Waals surface area contributed by atoms with Crippen molar-refractivity contribution >= 4 is 11.6 Å². The van der Waals surface area contributed by atoms with Gasteiger partial charge in [0, 0.05) is 21.0 Å². The number of carbonyl (C=O) groups is 1. The van der Waals surface area contributed by atoms with Gasteiger partial charge in [-0.1, -0.05) is 13.0 Å². The second-order valence-corrected chi connectivity index (χ2v) is 5.15. The first kappa shape index (κ1) is 21.5. The lowest BCUT2D eigenvalue weighted by Crippen LogP contribution is -2.15. The number of nitrogens with zero attached hydrogens (tertiary/aromatic N) is 1. The van der Waals surface area contributed by atoms with Crippen molar-refractivity contribution in [1.82, 2.24) is 4.98 Å². The number of carbonyl (C=O) groups excluding carboxylic acids is 1. The van der Waals surface area contributed by atoms with E-state index in [9.17, 15) is 4.79 Å². The first-order valence-electron chi connectivity index (χ1n) is 8.83. The van der Waals surface area contributed by atoms with Crippen molar-refractivity contribution in [1.29, 1.82) is 0 Å². The van der Waals surface area contributed by atoms with Gasteiger partial charge in [0.1, 0.15) is 11.5 Å². The van der Waals surface area contributed by atoms with E-state index in [0.717, 1.165) is 0 Å². The number of hydrogen-bond acceptors (Lipinski definition) is 7. The zero-order valence-corrected chi connectivity index (χ0v) is 15.3. The van der Waals surface area contributed by atoms with E-state index in [-0.39, 0.29) is 7.21 Å². The number of anilines is 1. The number of nitrogens with one attached hydrogen (secondary N) is 1. The largest absolute Gasteiger partial charge is 0.379 e. The highest BCUT2D eigenvalue weighted by Crippen LogP contribution is 2.06. The third kappa shape index (κ3) is 10.8. The fraction of sp³-hybridized carbons (Fsp3) is 0.667. The summed E-state index contributed by atoms with van der Waals surface area (Å²) in [7, 11) is 0. The van der Waals surface area contributed by atoms with Crippen LogP contribution in [-0.2, 0) is 18.9 Å². The van der Waals surface area contributed by atoms with Crippen LogP contribution in [0.15, 0.2) is 18.2 Å². The summed E-state index contributed by atoms with van der Waals surface area (Å²) in [6.45, 7) is 9.06. The maximum Gasteiger partial charge on any atom is 0.180 e. The number of pyridine rings is 1. The lowest BCUT2D eigenvalue weighted by molar-refractivity contribution is 0.000609. The lowest BCUT2D eigenvalue weighted by atomic mass is 10.2. The van der Waals surface area contributed by atoms with Gasteiger partial charge in [-0.05, 0) is 19.1 Å². The maximum atomic E-state index is 11.6. The van der Waals surface area contributed by atoms with Crippen molar-refractivity contribution < 1.29 is 25.2 Å². The third-order valence-corrected chi connectivity index (χ3v) is 3.23. The van der Waals surface area contributed by atoms with Crippen LogP contribution in [0.1, 0.15) is 32.2 Å². The average Bonchev–Trinajstić information content (AvgIpc) is 2.65. The molecule has 7 heteroatoms. The van der Waals surface area contributed by atoms with Crippen LogP contribution in [0, 0.1) is 0 Å². The van der Waals surface area contributed by atoms with Gasteiger partial charge >= 0.3 is 0 Å². The van der Waals surface area contributed by atoms with Gasteiger partial charge in [0.2, 0.25) is 0 Å². The molecular formula is C18H32N2O5. The Kier molecular flexibility index (Phi) is 12.7. The number of Topliss-reactive ketones (excluding diaryl/α,β-unsaturated/α-hetero) is 1. The van der Waals surface area contributed by atoms with E-state index in [1.165, 1.54) is 0 Å². The molecule has 1 N–H and O–H groups in total. The monoisotopic (exact) mass is 356 g/mol. The van der Waals surface area contributed by atoms with E-state index in [2.05, 4.69) is 10.3 Å². The van der Waals surface area contributed by atoms with Crippen LogP contribution < -0.4 is 5.32 Å². The zero-order chi connectivity index (χ0) is 18.2. The van der Waals surface area contributed by atoms with E-state index in [1.807, 2.05) is 26.0 Å². The van der Waals surface area contributed by atoms with E-state index in [4.69, 9.17) is 18.9 Å². The molecule has 0 aliphatic heterocycles. The molecule has 0 aliphatic rings. The van der Waals surface area contributed by atoms with Crippen molar-refractivity contribution in [2.75, 3.05) is 64.7 Å². The molecule has 1 aromatic rings. The molecule has 1 aromatic heterocycles. The highest BCUT2D eigenvalue weighted by Gasteiger charge is 2.04. The Balaban J connectivity index is 0.00000625. The maximum absolute atomic E-state index is 11.6. The molecule has 0 fully saturated rings. The Morgan fingerprint density at radius 2 is 1.56 bits per heavy atom. The molecule has 0 aliphatic carbocycles. The molecule has 0 radical (unpaired) electrons. The first-order valence-corrected chi connectivity index (χ1v) is 8.83. The van der Waals surface area contributed by atoms with E-state index >= 15 is 0 Å². The summed E-state index contributed by atoms with van der Waals surface area (Å²) in [5.74, 6) is 0.724. The van der Waals surface area contributed by atoms with Gasteiger partial charge in [0.05, 0.1) is 46.2 Å². The number of aromatic nitrogens is 1. The predicted octanol–water partition coefficient (Wildman–Crippen LogP) is 2.42.